The number of Topliss-reactive ketones (excluding diaryl/α,β-unsaturated/α-hetero) is 1. The van der Waals surface area contributed by atoms with Crippen LogP contribution in [0.5, 0.6) is 0 Å². The largest absolute Gasteiger partial charge is 0.465 e. The van der Waals surface area contributed by atoms with Crippen LogP contribution in [0.15, 0.2) is 42.5 Å². The number of imide groups is 1. The second kappa shape index (κ2) is 10.6. The van der Waals surface area contributed by atoms with Crippen molar-refractivity contribution in [1.29, 1.82) is 0 Å². The van der Waals surface area contributed by atoms with Crippen molar-refractivity contribution >= 4 is 40.6 Å². The highest BCUT2D eigenvalue weighted by atomic mass is 16.4. The molecule has 1 saturated carbocycles. The zero-order chi connectivity index (χ0) is 26.9. The number of ketones is 1. The molecule has 1 heterocycles. The van der Waals surface area contributed by atoms with Gasteiger partial charge in [-0.2, -0.15) is 0 Å². The molecule has 1 fully saturated rings. The van der Waals surface area contributed by atoms with E-state index in [9.17, 15) is 19.2 Å². The number of rotatable bonds is 6. The fourth-order valence-electron chi connectivity index (χ4n) is 4.93. The van der Waals surface area contributed by atoms with E-state index >= 15 is 0 Å². The second-order valence-corrected chi connectivity index (χ2v) is 9.86. The molecule has 3 amide bonds. The molecular formula is C28H32N4O5. The molecule has 0 unspecified atom stereocenters. The maximum atomic E-state index is 13.2. The molecule has 0 saturated heterocycles. The van der Waals surface area contributed by atoms with Crippen LogP contribution in [0.1, 0.15) is 64.4 Å². The molecule has 0 atom stereocenters. The van der Waals surface area contributed by atoms with Crippen LogP contribution in [0.2, 0.25) is 0 Å². The van der Waals surface area contributed by atoms with Crippen LogP contribution in [0.3, 0.4) is 0 Å². The molecule has 0 aromatic heterocycles. The van der Waals surface area contributed by atoms with Gasteiger partial charge in [-0.3, -0.25) is 14.4 Å². The van der Waals surface area contributed by atoms with Crippen molar-refractivity contribution in [1.82, 2.24) is 15.1 Å². The van der Waals surface area contributed by atoms with Crippen molar-refractivity contribution in [2.24, 2.45) is 0 Å². The number of anilines is 1. The minimum absolute atomic E-state index is 0.0940. The lowest BCUT2D eigenvalue weighted by atomic mass is 9.89. The lowest BCUT2D eigenvalue weighted by molar-refractivity contribution is -0.110. The molecule has 0 spiro atoms. The van der Waals surface area contributed by atoms with E-state index in [1.54, 1.807) is 42.5 Å². The zero-order valence-corrected chi connectivity index (χ0v) is 21.5. The van der Waals surface area contributed by atoms with Crippen LogP contribution in [-0.4, -0.2) is 71.8 Å². The van der Waals surface area contributed by atoms with Crippen LogP contribution < -0.4 is 10.6 Å². The van der Waals surface area contributed by atoms with Crippen LogP contribution in [-0.2, 0) is 4.79 Å². The van der Waals surface area contributed by atoms with Crippen molar-refractivity contribution in [3.8, 4) is 0 Å². The molecule has 194 valence electrons. The van der Waals surface area contributed by atoms with Crippen molar-refractivity contribution in [2.45, 2.75) is 44.7 Å². The fourth-order valence-corrected chi connectivity index (χ4v) is 4.93. The summed E-state index contributed by atoms with van der Waals surface area (Å²) in [5.41, 5.74) is 3.76. The minimum Gasteiger partial charge on any atom is -0.465 e. The summed E-state index contributed by atoms with van der Waals surface area (Å²) in [5, 5.41) is 15.6. The van der Waals surface area contributed by atoms with Crippen LogP contribution in [0.4, 0.5) is 10.5 Å². The maximum Gasteiger partial charge on any atom is 0.414 e. The molecule has 9 nitrogen and oxygen atoms in total. The van der Waals surface area contributed by atoms with Gasteiger partial charge in [0.25, 0.3) is 11.8 Å². The third kappa shape index (κ3) is 5.41. The van der Waals surface area contributed by atoms with E-state index in [1.165, 1.54) is 14.0 Å². The van der Waals surface area contributed by atoms with Crippen molar-refractivity contribution < 1.29 is 24.3 Å². The molecule has 9 heteroatoms. The minimum atomic E-state index is -1.34. The summed E-state index contributed by atoms with van der Waals surface area (Å²) in [5.74, 6) is -1.01. The van der Waals surface area contributed by atoms with Crippen LogP contribution in [0, 0.1) is 0 Å². The molecule has 0 bridgehead atoms. The van der Waals surface area contributed by atoms with Gasteiger partial charge in [0.15, 0.2) is 5.78 Å². The van der Waals surface area contributed by atoms with Gasteiger partial charge in [0.05, 0.1) is 11.3 Å². The van der Waals surface area contributed by atoms with Crippen LogP contribution in [0.25, 0.3) is 11.3 Å². The van der Waals surface area contributed by atoms with Gasteiger partial charge < -0.3 is 20.6 Å². The average molecular weight is 505 g/mol. The standard InChI is InChI=1S/C28H32N4O5/c1-16(33)19-9-14-23-22(15-19)24(26(34)30-23)25(29-20-10-12-21(13-11-20)31(2)3)17-5-7-18(8-6-17)27(35)32(4)28(36)37/h5-9,14-15,20-21,29H,10-13H2,1-4H3,(H,30,34)(H,36,37)/b25-24+. The van der Waals surface area contributed by atoms with Crippen LogP contribution >= 0.6 is 0 Å². The molecular weight excluding hydrogens is 472 g/mol. The summed E-state index contributed by atoms with van der Waals surface area (Å²) in [6.45, 7) is 1.49. The number of carbonyl (C=O) groups excluding carboxylic acids is 3. The number of nitrogens with one attached hydrogen (secondary N) is 2. The van der Waals surface area contributed by atoms with Crippen molar-refractivity contribution in [3.05, 3.63) is 64.7 Å². The molecule has 2 aromatic carbocycles. The van der Waals surface area contributed by atoms with Gasteiger partial charge >= 0.3 is 6.09 Å². The Kier molecular flexibility index (Phi) is 7.45. The number of fused-ring (bicyclic) bond motifs is 1. The summed E-state index contributed by atoms with van der Waals surface area (Å²) in [4.78, 5) is 51.8. The number of carboxylic acid groups (broad SMARTS) is 1. The Hall–Kier alpha value is -3.98. The molecule has 2 aromatic rings. The van der Waals surface area contributed by atoms with E-state index in [2.05, 4.69) is 29.6 Å². The van der Waals surface area contributed by atoms with Crippen molar-refractivity contribution in [3.63, 3.8) is 0 Å². The lowest BCUT2D eigenvalue weighted by Gasteiger charge is -2.34. The molecule has 4 rings (SSSR count). The Morgan fingerprint density at radius 3 is 2.08 bits per heavy atom. The Balaban J connectivity index is 1.75. The first-order chi connectivity index (χ1) is 17.6. The number of benzene rings is 2. The molecule has 2 aliphatic rings. The Labute approximate surface area is 216 Å². The molecule has 3 N–H and O–H groups in total. The highest BCUT2D eigenvalue weighted by Crippen LogP contribution is 2.38. The fraction of sp³-hybridized carbons (Fsp3) is 0.357. The Morgan fingerprint density at radius 2 is 1.51 bits per heavy atom. The average Bonchev–Trinajstić information content (AvgIpc) is 3.21. The summed E-state index contributed by atoms with van der Waals surface area (Å²) < 4.78 is 0. The van der Waals surface area contributed by atoms with Gasteiger partial charge in [-0.05, 0) is 82.6 Å². The smallest absolute Gasteiger partial charge is 0.414 e. The molecule has 1 aliphatic heterocycles. The van der Waals surface area contributed by atoms with Gasteiger partial charge in [-0.25, -0.2) is 9.69 Å². The summed E-state index contributed by atoms with van der Waals surface area (Å²) in [6.07, 6.45) is 2.58. The van der Waals surface area contributed by atoms with E-state index in [-0.39, 0.29) is 23.3 Å². The highest BCUT2D eigenvalue weighted by molar-refractivity contribution is 6.36. The third-order valence-corrected chi connectivity index (χ3v) is 7.21. The van der Waals surface area contributed by atoms with Gasteiger partial charge in [0, 0.05) is 41.5 Å². The monoisotopic (exact) mass is 504 g/mol. The summed E-state index contributed by atoms with van der Waals surface area (Å²) >= 11 is 0. The maximum absolute atomic E-state index is 13.2. The SMILES string of the molecule is CC(=O)c1ccc2c(c1)/C(=C(\NC1CCC(N(C)C)CC1)c1ccc(C(=O)N(C)C(=O)O)cc1)C(=O)N2. The lowest BCUT2D eigenvalue weighted by Crippen LogP contribution is -2.39. The van der Waals surface area contributed by atoms with E-state index in [4.69, 9.17) is 5.11 Å². The van der Waals surface area contributed by atoms with E-state index < -0.39 is 12.0 Å². The summed E-state index contributed by atoms with van der Waals surface area (Å²) in [7, 11) is 5.37. The van der Waals surface area contributed by atoms with Gasteiger partial charge in [-0.15, -0.1) is 0 Å². The molecule has 37 heavy (non-hydrogen) atoms. The van der Waals surface area contributed by atoms with E-state index in [0.717, 1.165) is 25.7 Å². The second-order valence-electron chi connectivity index (χ2n) is 9.86. The molecule has 1 aliphatic carbocycles. The Morgan fingerprint density at radius 1 is 0.919 bits per heavy atom. The first-order valence-corrected chi connectivity index (χ1v) is 12.3. The van der Waals surface area contributed by atoms with Crippen molar-refractivity contribution in [2.75, 3.05) is 26.5 Å². The number of carbonyl (C=O) groups is 4. The first-order valence-electron chi connectivity index (χ1n) is 12.3. The van der Waals surface area contributed by atoms with Gasteiger partial charge in [0.1, 0.15) is 0 Å². The summed E-state index contributed by atoms with van der Waals surface area (Å²) in [6, 6.07) is 12.4. The number of amides is 3. The number of hydrogen-bond acceptors (Lipinski definition) is 6. The first kappa shape index (κ1) is 26.1. The third-order valence-electron chi connectivity index (χ3n) is 7.21. The predicted molar refractivity (Wildman–Crippen MR) is 141 cm³/mol. The quantitative estimate of drug-likeness (QED) is 0.403. The number of nitrogens with zero attached hydrogens (tertiary/aromatic N) is 2. The zero-order valence-electron chi connectivity index (χ0n) is 21.5. The van der Waals surface area contributed by atoms with Gasteiger partial charge in [-0.1, -0.05) is 12.1 Å². The molecule has 0 radical (unpaired) electrons. The van der Waals surface area contributed by atoms with Gasteiger partial charge in [0.2, 0.25) is 0 Å². The Bertz CT molecular complexity index is 1270. The normalized spacial score (nSPS) is 20.2. The predicted octanol–water partition coefficient (Wildman–Crippen LogP) is 3.92. The number of hydrogen-bond donors (Lipinski definition) is 3. The topological polar surface area (TPSA) is 119 Å². The van der Waals surface area contributed by atoms with E-state index in [0.29, 0.717) is 44.6 Å². The van der Waals surface area contributed by atoms with E-state index in [1.807, 2.05) is 0 Å². The highest BCUT2D eigenvalue weighted by Gasteiger charge is 2.31.